The number of carbonyl (C=O) groups excluding carboxylic acids is 2. The number of non-ortho nitro benzene ring substituents is 1. The molecule has 0 spiro atoms. The molecule has 38 heavy (non-hydrogen) atoms. The monoisotopic (exact) mass is 553 g/mol. The van der Waals surface area contributed by atoms with Crippen molar-refractivity contribution in [3.63, 3.8) is 0 Å². The minimum atomic E-state index is -0.911. The molecule has 194 valence electrons. The number of nitrogens with one attached hydrogen (secondary N) is 1. The molecule has 1 heterocycles. The molecule has 0 saturated heterocycles. The summed E-state index contributed by atoms with van der Waals surface area (Å²) < 4.78 is 17.2. The number of fused-ring (bicyclic) bond motifs is 1. The lowest BCUT2D eigenvalue weighted by molar-refractivity contribution is -0.384. The van der Waals surface area contributed by atoms with Crippen molar-refractivity contribution in [2.75, 3.05) is 7.11 Å². The summed E-state index contributed by atoms with van der Waals surface area (Å²) >= 11 is 7.62. The molecule has 0 fully saturated rings. The summed E-state index contributed by atoms with van der Waals surface area (Å²) in [7, 11) is 1.43. The maximum absolute atomic E-state index is 12.8. The minimum Gasteiger partial charge on any atom is -0.493 e. The van der Waals surface area contributed by atoms with E-state index in [0.29, 0.717) is 16.3 Å². The fraction of sp³-hybridized carbons (Fsp3) is 0.115. The minimum absolute atomic E-state index is 0.0841. The van der Waals surface area contributed by atoms with E-state index in [-0.39, 0.29) is 22.1 Å². The van der Waals surface area contributed by atoms with Crippen LogP contribution < -0.4 is 19.6 Å². The van der Waals surface area contributed by atoms with Gasteiger partial charge in [-0.15, -0.1) is 11.3 Å². The van der Waals surface area contributed by atoms with Crippen LogP contribution in [-0.2, 0) is 4.79 Å². The molecular weight excluding hydrogens is 534 g/mol. The maximum Gasteiger partial charge on any atom is 0.355 e. The van der Waals surface area contributed by atoms with Gasteiger partial charge in [0.1, 0.15) is 10.6 Å². The molecule has 0 aliphatic carbocycles. The summed E-state index contributed by atoms with van der Waals surface area (Å²) in [5, 5.41) is 15.8. The van der Waals surface area contributed by atoms with Gasteiger partial charge >= 0.3 is 5.97 Å². The predicted molar refractivity (Wildman–Crippen MR) is 144 cm³/mol. The smallest absolute Gasteiger partial charge is 0.355 e. The van der Waals surface area contributed by atoms with Crippen LogP contribution >= 0.6 is 22.9 Å². The molecule has 0 aliphatic rings. The van der Waals surface area contributed by atoms with Gasteiger partial charge in [0.15, 0.2) is 17.6 Å². The molecule has 4 aromatic rings. The number of hydrogen-bond donors (Lipinski definition) is 1. The van der Waals surface area contributed by atoms with Crippen LogP contribution in [0, 0.1) is 10.1 Å². The van der Waals surface area contributed by atoms with Crippen molar-refractivity contribution < 1.29 is 28.7 Å². The van der Waals surface area contributed by atoms with Crippen molar-refractivity contribution in [2.24, 2.45) is 5.10 Å². The standard InChI is InChI=1S/C26H20ClN3O7S/c1-15(36-18-10-8-17(9-11-18)30(33)34)25(31)29-28-14-16-7-12-20(21(13-16)35-2)37-26(32)24-23(27)19-5-3-4-6-22(19)38-24/h3-15H,1-2H3,(H,29,31). The number of nitrogens with zero attached hydrogens (tertiary/aromatic N) is 2. The van der Waals surface area contributed by atoms with Gasteiger partial charge in [0.2, 0.25) is 0 Å². The van der Waals surface area contributed by atoms with Crippen molar-refractivity contribution in [3.8, 4) is 17.2 Å². The Hall–Kier alpha value is -4.48. The summed E-state index contributed by atoms with van der Waals surface area (Å²) in [6.45, 7) is 1.52. The second-order valence-corrected chi connectivity index (χ2v) is 9.22. The number of hydrogen-bond acceptors (Lipinski definition) is 9. The molecular formula is C26H20ClN3O7S. The third-order valence-electron chi connectivity index (χ3n) is 5.23. The molecule has 1 amide bonds. The van der Waals surface area contributed by atoms with Crippen LogP contribution in [-0.4, -0.2) is 36.2 Å². The Morgan fingerprint density at radius 1 is 1.11 bits per heavy atom. The molecule has 1 atom stereocenters. The number of hydrazone groups is 1. The Morgan fingerprint density at radius 3 is 2.53 bits per heavy atom. The van der Waals surface area contributed by atoms with E-state index < -0.39 is 22.9 Å². The van der Waals surface area contributed by atoms with Crippen LogP contribution in [0.15, 0.2) is 71.8 Å². The Morgan fingerprint density at radius 2 is 1.84 bits per heavy atom. The highest BCUT2D eigenvalue weighted by Gasteiger charge is 2.20. The second kappa shape index (κ2) is 11.7. The van der Waals surface area contributed by atoms with E-state index in [4.69, 9.17) is 25.8 Å². The van der Waals surface area contributed by atoms with E-state index in [0.717, 1.165) is 10.1 Å². The Balaban J connectivity index is 1.37. The fourth-order valence-electron chi connectivity index (χ4n) is 3.31. The van der Waals surface area contributed by atoms with Gasteiger partial charge in [-0.25, -0.2) is 10.2 Å². The summed E-state index contributed by atoms with van der Waals surface area (Å²) in [5.41, 5.74) is 2.84. The van der Waals surface area contributed by atoms with Crippen molar-refractivity contribution in [3.05, 3.63) is 92.3 Å². The number of ether oxygens (including phenoxy) is 3. The van der Waals surface area contributed by atoms with Gasteiger partial charge in [0.25, 0.3) is 11.6 Å². The molecule has 1 unspecified atom stereocenters. The summed E-state index contributed by atoms with van der Waals surface area (Å²) in [5.74, 6) is -0.366. The zero-order valence-electron chi connectivity index (χ0n) is 20.0. The molecule has 10 nitrogen and oxygen atoms in total. The number of halogens is 1. The van der Waals surface area contributed by atoms with Gasteiger partial charge in [-0.3, -0.25) is 14.9 Å². The Bertz CT molecular complexity index is 1540. The number of benzene rings is 3. The van der Waals surface area contributed by atoms with Gasteiger partial charge in [-0.2, -0.15) is 5.10 Å². The van der Waals surface area contributed by atoms with Crippen molar-refractivity contribution >= 4 is 56.8 Å². The van der Waals surface area contributed by atoms with E-state index in [1.807, 2.05) is 24.3 Å². The third kappa shape index (κ3) is 6.07. The van der Waals surface area contributed by atoms with E-state index in [1.165, 1.54) is 55.9 Å². The van der Waals surface area contributed by atoms with Crippen LogP contribution in [0.2, 0.25) is 5.02 Å². The van der Waals surface area contributed by atoms with Crippen LogP contribution in [0.25, 0.3) is 10.1 Å². The zero-order chi connectivity index (χ0) is 27.2. The summed E-state index contributed by atoms with van der Waals surface area (Å²) in [6.07, 6.45) is 0.471. The highest BCUT2D eigenvalue weighted by atomic mass is 35.5. The van der Waals surface area contributed by atoms with Crippen LogP contribution in [0.3, 0.4) is 0 Å². The first-order valence-electron chi connectivity index (χ1n) is 11.1. The molecule has 0 radical (unpaired) electrons. The van der Waals surface area contributed by atoms with Crippen LogP contribution in [0.5, 0.6) is 17.2 Å². The van der Waals surface area contributed by atoms with Gasteiger partial charge in [-0.1, -0.05) is 29.8 Å². The number of rotatable bonds is 9. The quantitative estimate of drug-likeness (QED) is 0.0937. The fourth-order valence-corrected chi connectivity index (χ4v) is 4.69. The first-order valence-corrected chi connectivity index (χ1v) is 12.3. The van der Waals surface area contributed by atoms with E-state index in [1.54, 1.807) is 18.2 Å². The number of nitro groups is 1. The number of nitro benzene ring substituents is 1. The maximum atomic E-state index is 12.8. The lowest BCUT2D eigenvalue weighted by Crippen LogP contribution is -2.33. The molecule has 0 bridgehead atoms. The van der Waals surface area contributed by atoms with E-state index in [9.17, 15) is 19.7 Å². The SMILES string of the molecule is COc1cc(C=NNC(=O)C(C)Oc2ccc([N+](=O)[O-])cc2)ccc1OC(=O)c1sc2ccccc2c1Cl. The normalized spacial score (nSPS) is 11.8. The number of thiophene rings is 1. The largest absolute Gasteiger partial charge is 0.493 e. The highest BCUT2D eigenvalue weighted by molar-refractivity contribution is 7.21. The topological polar surface area (TPSA) is 129 Å². The van der Waals surface area contributed by atoms with Gasteiger partial charge in [0, 0.05) is 22.2 Å². The number of carbonyl (C=O) groups is 2. The molecule has 4 rings (SSSR count). The van der Waals surface area contributed by atoms with E-state index in [2.05, 4.69) is 10.5 Å². The van der Waals surface area contributed by atoms with Crippen molar-refractivity contribution in [1.82, 2.24) is 5.43 Å². The van der Waals surface area contributed by atoms with Gasteiger partial charge in [-0.05, 0) is 48.9 Å². The zero-order valence-corrected chi connectivity index (χ0v) is 21.6. The lowest BCUT2D eigenvalue weighted by atomic mass is 10.2. The first kappa shape index (κ1) is 26.6. The van der Waals surface area contributed by atoms with Crippen LogP contribution in [0.4, 0.5) is 5.69 Å². The number of esters is 1. The molecule has 0 saturated carbocycles. The third-order valence-corrected chi connectivity index (χ3v) is 6.88. The molecule has 1 N–H and O–H groups in total. The molecule has 3 aromatic carbocycles. The Kier molecular flexibility index (Phi) is 8.19. The molecule has 0 aliphatic heterocycles. The lowest BCUT2D eigenvalue weighted by Gasteiger charge is -2.12. The number of methoxy groups -OCH3 is 1. The summed E-state index contributed by atoms with van der Waals surface area (Å²) in [6, 6.07) is 17.5. The van der Waals surface area contributed by atoms with Crippen LogP contribution in [0.1, 0.15) is 22.2 Å². The first-order chi connectivity index (χ1) is 18.3. The predicted octanol–water partition coefficient (Wildman–Crippen LogP) is 5.61. The summed E-state index contributed by atoms with van der Waals surface area (Å²) in [4.78, 5) is 35.6. The molecule has 1 aromatic heterocycles. The van der Waals surface area contributed by atoms with E-state index >= 15 is 0 Å². The Labute approximate surface area is 225 Å². The average Bonchev–Trinajstić information content (AvgIpc) is 3.26. The van der Waals surface area contributed by atoms with Crippen molar-refractivity contribution in [1.29, 1.82) is 0 Å². The highest BCUT2D eigenvalue weighted by Crippen LogP contribution is 2.37. The second-order valence-electron chi connectivity index (χ2n) is 7.79. The average molecular weight is 554 g/mol. The number of amides is 1. The van der Waals surface area contributed by atoms with Gasteiger partial charge in [0.05, 0.1) is 23.3 Å². The van der Waals surface area contributed by atoms with Crippen molar-refractivity contribution in [2.45, 2.75) is 13.0 Å². The molecule has 12 heteroatoms. The van der Waals surface area contributed by atoms with Gasteiger partial charge < -0.3 is 14.2 Å².